The zero-order valence-corrected chi connectivity index (χ0v) is 18.2. The number of azo groups is 1. The Labute approximate surface area is 176 Å². The normalized spacial score (nSPS) is 12.4. The van der Waals surface area contributed by atoms with Gasteiger partial charge in [0.05, 0.1) is 23.6 Å². The van der Waals surface area contributed by atoms with Crippen molar-refractivity contribution >= 4 is 17.2 Å². The summed E-state index contributed by atoms with van der Waals surface area (Å²) in [5.41, 5.74) is 2.28. The number of H-pyrrole nitrogens is 1. The van der Waals surface area contributed by atoms with Crippen LogP contribution in [0, 0.1) is 18.9 Å². The summed E-state index contributed by atoms with van der Waals surface area (Å²) in [5.74, 6) is 0.160. The van der Waals surface area contributed by atoms with Crippen LogP contribution in [-0.2, 0) is 5.41 Å². The Hall–Kier alpha value is -3.47. The molecule has 0 aliphatic carbocycles. The minimum Gasteiger partial charge on any atom is -0.492 e. The molecule has 0 aliphatic heterocycles. The highest BCUT2D eigenvalue weighted by molar-refractivity contribution is 5.67. The fourth-order valence-electron chi connectivity index (χ4n) is 3.86. The van der Waals surface area contributed by atoms with Crippen LogP contribution in [0.5, 0.6) is 5.88 Å². The molecule has 156 valence electrons. The van der Waals surface area contributed by atoms with Crippen molar-refractivity contribution in [2.75, 3.05) is 0 Å². The highest BCUT2D eigenvalue weighted by Crippen LogP contribution is 2.43. The molecule has 0 saturated heterocycles. The number of aryl methyl sites for hydroxylation is 1. The number of aromatic amines is 1. The van der Waals surface area contributed by atoms with Crippen molar-refractivity contribution in [1.29, 1.82) is 0 Å². The molecule has 30 heavy (non-hydrogen) atoms. The Morgan fingerprint density at radius 3 is 2.40 bits per heavy atom. The zero-order chi connectivity index (χ0) is 22.1. The third-order valence-electron chi connectivity index (χ3n) is 4.70. The van der Waals surface area contributed by atoms with E-state index in [0.29, 0.717) is 22.8 Å². The molecule has 0 amide bonds. The minimum absolute atomic E-state index is 0.0817. The summed E-state index contributed by atoms with van der Waals surface area (Å²) in [7, 11) is 0. The Morgan fingerprint density at radius 2 is 1.80 bits per heavy atom. The molecule has 2 aromatic heterocycles. The monoisotopic (exact) mass is 405 g/mol. The standard InChI is InChI=1S/C22H27N7O/c1-14-16(20(30)29(28-14)15-11-9-8-10-12-15)24-26-19-17(23-7)18(25-27-19)22(5,6)13-21(2,3)4/h8-12,30H,13H2,1-6H3,(H,25,27)/b26-24+. The molecule has 8 nitrogen and oxygen atoms in total. The number of hydrogen-bond donors (Lipinski definition) is 2. The quantitative estimate of drug-likeness (QED) is 0.386. The van der Waals surface area contributed by atoms with Gasteiger partial charge in [0.1, 0.15) is 0 Å². The van der Waals surface area contributed by atoms with Crippen LogP contribution in [0.3, 0.4) is 0 Å². The number of para-hydroxylation sites is 1. The topological polar surface area (TPSA) is 95.8 Å². The van der Waals surface area contributed by atoms with Gasteiger partial charge in [0.25, 0.3) is 5.69 Å². The van der Waals surface area contributed by atoms with Crippen LogP contribution >= 0.6 is 0 Å². The highest BCUT2D eigenvalue weighted by atomic mass is 16.3. The average Bonchev–Trinajstić information content (AvgIpc) is 3.20. The van der Waals surface area contributed by atoms with E-state index in [1.165, 1.54) is 4.68 Å². The summed E-state index contributed by atoms with van der Waals surface area (Å²) in [4.78, 5) is 3.66. The van der Waals surface area contributed by atoms with Gasteiger partial charge in [0.2, 0.25) is 5.88 Å². The van der Waals surface area contributed by atoms with Crippen LogP contribution in [0.4, 0.5) is 17.2 Å². The second-order valence-corrected chi connectivity index (χ2v) is 9.21. The molecule has 0 fully saturated rings. The van der Waals surface area contributed by atoms with E-state index in [-0.39, 0.29) is 28.2 Å². The molecule has 8 heteroatoms. The lowest BCUT2D eigenvalue weighted by molar-refractivity contribution is 0.280. The van der Waals surface area contributed by atoms with Crippen LogP contribution in [0.1, 0.15) is 52.4 Å². The van der Waals surface area contributed by atoms with Gasteiger partial charge >= 0.3 is 0 Å². The summed E-state index contributed by atoms with van der Waals surface area (Å²) in [6, 6.07) is 9.28. The van der Waals surface area contributed by atoms with Crippen molar-refractivity contribution in [3.8, 4) is 11.6 Å². The van der Waals surface area contributed by atoms with E-state index in [1.54, 1.807) is 6.92 Å². The summed E-state index contributed by atoms with van der Waals surface area (Å²) in [6.45, 7) is 20.0. The van der Waals surface area contributed by atoms with E-state index in [9.17, 15) is 5.11 Å². The highest BCUT2D eigenvalue weighted by Gasteiger charge is 2.33. The van der Waals surface area contributed by atoms with Crippen LogP contribution in [0.15, 0.2) is 40.6 Å². The van der Waals surface area contributed by atoms with Crippen LogP contribution < -0.4 is 0 Å². The average molecular weight is 406 g/mol. The molecule has 0 unspecified atom stereocenters. The van der Waals surface area contributed by atoms with Gasteiger partial charge in [-0.3, -0.25) is 5.10 Å². The molecule has 0 spiro atoms. The first kappa shape index (κ1) is 21.2. The van der Waals surface area contributed by atoms with Crippen LogP contribution in [0.2, 0.25) is 0 Å². The number of rotatable bonds is 5. The SMILES string of the molecule is [C-]#[N+]c1c(C(C)(C)CC(C)(C)C)n[nH]c1/N=N/c1c(C)nn(-c2ccccc2)c1O. The summed E-state index contributed by atoms with van der Waals surface area (Å²) in [6.07, 6.45) is 0.855. The van der Waals surface area contributed by atoms with E-state index in [1.807, 2.05) is 30.3 Å². The zero-order valence-electron chi connectivity index (χ0n) is 18.2. The Bertz CT molecular complexity index is 1110. The molecule has 0 atom stereocenters. The maximum Gasteiger partial charge on any atom is 0.255 e. The van der Waals surface area contributed by atoms with Gasteiger partial charge in [0.15, 0.2) is 11.5 Å². The van der Waals surface area contributed by atoms with E-state index in [2.05, 4.69) is 65.0 Å². The summed E-state index contributed by atoms with van der Waals surface area (Å²) >= 11 is 0. The van der Waals surface area contributed by atoms with Crippen LogP contribution in [0.25, 0.3) is 10.5 Å². The third kappa shape index (κ3) is 4.25. The van der Waals surface area contributed by atoms with Gasteiger partial charge in [-0.15, -0.1) is 10.2 Å². The molecule has 2 N–H and O–H groups in total. The van der Waals surface area contributed by atoms with Crippen molar-refractivity contribution in [2.45, 2.75) is 53.4 Å². The van der Waals surface area contributed by atoms with Crippen molar-refractivity contribution < 1.29 is 5.11 Å². The predicted octanol–water partition coefficient (Wildman–Crippen LogP) is 6.29. The van der Waals surface area contributed by atoms with Gasteiger partial charge in [0, 0.05) is 0 Å². The molecule has 2 heterocycles. The molecule has 3 aromatic rings. The first-order valence-corrected chi connectivity index (χ1v) is 9.75. The van der Waals surface area contributed by atoms with Crippen molar-refractivity contribution in [2.24, 2.45) is 15.6 Å². The van der Waals surface area contributed by atoms with Gasteiger partial charge in [-0.25, -0.2) is 4.85 Å². The lowest BCUT2D eigenvalue weighted by Crippen LogP contribution is -2.25. The summed E-state index contributed by atoms with van der Waals surface area (Å²) in [5, 5.41) is 30.5. The van der Waals surface area contributed by atoms with Gasteiger partial charge in [-0.1, -0.05) is 52.8 Å². The largest absolute Gasteiger partial charge is 0.492 e. The minimum atomic E-state index is -0.307. The molecular formula is C22H27N7O. The van der Waals surface area contributed by atoms with Gasteiger partial charge in [-0.05, 0) is 36.3 Å². The fraction of sp³-hybridized carbons (Fsp3) is 0.409. The van der Waals surface area contributed by atoms with E-state index in [0.717, 1.165) is 6.42 Å². The lowest BCUT2D eigenvalue weighted by Gasteiger charge is -2.31. The fourth-order valence-corrected chi connectivity index (χ4v) is 3.86. The first-order valence-electron chi connectivity index (χ1n) is 9.75. The first-order chi connectivity index (χ1) is 14.0. The Balaban J connectivity index is 1.96. The van der Waals surface area contributed by atoms with E-state index >= 15 is 0 Å². The van der Waals surface area contributed by atoms with Gasteiger partial charge < -0.3 is 5.11 Å². The molecule has 3 rings (SSSR count). The number of hydrogen-bond acceptors (Lipinski definition) is 5. The number of nitrogens with one attached hydrogen (secondary N) is 1. The van der Waals surface area contributed by atoms with Crippen molar-refractivity contribution in [1.82, 2.24) is 20.0 Å². The van der Waals surface area contributed by atoms with Crippen LogP contribution in [-0.4, -0.2) is 25.1 Å². The van der Waals surface area contributed by atoms with Gasteiger partial charge in [-0.2, -0.15) is 14.9 Å². The molecule has 0 saturated carbocycles. The molecule has 0 bridgehead atoms. The van der Waals surface area contributed by atoms with Crippen molar-refractivity contribution in [3.05, 3.63) is 53.1 Å². The smallest absolute Gasteiger partial charge is 0.255 e. The number of aromatic nitrogens is 4. The third-order valence-corrected chi connectivity index (χ3v) is 4.70. The predicted molar refractivity (Wildman–Crippen MR) is 116 cm³/mol. The lowest BCUT2D eigenvalue weighted by atomic mass is 9.74. The van der Waals surface area contributed by atoms with E-state index < -0.39 is 0 Å². The van der Waals surface area contributed by atoms with E-state index in [4.69, 9.17) is 6.57 Å². The second-order valence-electron chi connectivity index (χ2n) is 9.21. The summed E-state index contributed by atoms with van der Waals surface area (Å²) < 4.78 is 1.41. The maximum absolute atomic E-state index is 10.6. The Kier molecular flexibility index (Phi) is 5.49. The second kappa shape index (κ2) is 7.75. The molecular weight excluding hydrogens is 378 g/mol. The Morgan fingerprint density at radius 1 is 1.13 bits per heavy atom. The number of aromatic hydroxyl groups is 1. The molecule has 0 aliphatic rings. The number of benzene rings is 1. The molecule has 1 aromatic carbocycles. The molecule has 0 radical (unpaired) electrons. The number of nitrogens with zero attached hydrogens (tertiary/aromatic N) is 6. The van der Waals surface area contributed by atoms with Crippen molar-refractivity contribution in [3.63, 3.8) is 0 Å². The maximum atomic E-state index is 10.6.